The molecule has 0 radical (unpaired) electrons. The van der Waals surface area contributed by atoms with Gasteiger partial charge in [-0.05, 0) is 36.8 Å². The van der Waals surface area contributed by atoms with Gasteiger partial charge in [0.15, 0.2) is 5.16 Å². The number of aryl methyl sites for hydroxylation is 1. The molecule has 4 nitrogen and oxygen atoms in total. The van der Waals surface area contributed by atoms with E-state index < -0.39 is 0 Å². The van der Waals surface area contributed by atoms with E-state index in [1.165, 1.54) is 35.7 Å². The Labute approximate surface area is 170 Å². The summed E-state index contributed by atoms with van der Waals surface area (Å²) in [6.07, 6.45) is 3.17. The Balaban J connectivity index is 1.34. The van der Waals surface area contributed by atoms with Crippen LogP contribution in [0.2, 0.25) is 0 Å². The Kier molecular flexibility index (Phi) is 5.81. The molecule has 0 saturated heterocycles. The molecule has 0 spiro atoms. The minimum Gasteiger partial charge on any atom is -0.348 e. The Bertz CT molecular complexity index is 920. The van der Waals surface area contributed by atoms with E-state index >= 15 is 0 Å². The lowest BCUT2D eigenvalue weighted by molar-refractivity contribution is -0.119. The maximum atomic E-state index is 12.5. The standard InChI is InChI=1S/C23H25N3OS/c1-16-20(14-17-8-4-2-5-9-17)25-23(24-16)28-15-21(27)26-22(19-12-13-19)18-10-6-3-7-11-18/h2-11,19,22H,12-15H2,1H3,(H,24,25)(H,26,27). The van der Waals surface area contributed by atoms with Crippen molar-refractivity contribution in [2.24, 2.45) is 5.92 Å². The molecule has 1 unspecified atom stereocenters. The maximum absolute atomic E-state index is 12.5. The fourth-order valence-electron chi connectivity index (χ4n) is 3.41. The fraction of sp³-hybridized carbons (Fsp3) is 0.304. The second kappa shape index (κ2) is 8.65. The van der Waals surface area contributed by atoms with E-state index in [1.807, 2.05) is 43.3 Å². The minimum absolute atomic E-state index is 0.0596. The lowest BCUT2D eigenvalue weighted by Gasteiger charge is -2.18. The first-order valence-corrected chi connectivity index (χ1v) is 10.7. The van der Waals surface area contributed by atoms with E-state index in [0.717, 1.165) is 23.0 Å². The van der Waals surface area contributed by atoms with Crippen molar-refractivity contribution in [1.29, 1.82) is 0 Å². The van der Waals surface area contributed by atoms with Crippen molar-refractivity contribution >= 4 is 17.7 Å². The number of hydrogen-bond donors (Lipinski definition) is 2. The van der Waals surface area contributed by atoms with Gasteiger partial charge in [0, 0.05) is 12.1 Å². The van der Waals surface area contributed by atoms with Crippen molar-refractivity contribution in [1.82, 2.24) is 15.3 Å². The highest BCUT2D eigenvalue weighted by Crippen LogP contribution is 2.41. The van der Waals surface area contributed by atoms with Crippen molar-refractivity contribution in [3.05, 3.63) is 83.2 Å². The molecule has 1 fully saturated rings. The zero-order chi connectivity index (χ0) is 19.3. The summed E-state index contributed by atoms with van der Waals surface area (Å²) >= 11 is 1.46. The first kappa shape index (κ1) is 18.8. The molecule has 4 rings (SSSR count). The number of rotatable bonds is 8. The third-order valence-corrected chi connectivity index (χ3v) is 5.96. The van der Waals surface area contributed by atoms with Gasteiger partial charge in [0.05, 0.1) is 17.5 Å². The van der Waals surface area contributed by atoms with Crippen LogP contribution >= 0.6 is 11.8 Å². The zero-order valence-corrected chi connectivity index (χ0v) is 16.8. The van der Waals surface area contributed by atoms with Gasteiger partial charge in [0.25, 0.3) is 0 Å². The molecule has 5 heteroatoms. The maximum Gasteiger partial charge on any atom is 0.230 e. The number of aromatic amines is 1. The van der Waals surface area contributed by atoms with Crippen LogP contribution in [-0.4, -0.2) is 21.6 Å². The number of nitrogens with one attached hydrogen (secondary N) is 2. The van der Waals surface area contributed by atoms with Gasteiger partial charge in [-0.1, -0.05) is 72.4 Å². The summed E-state index contributed by atoms with van der Waals surface area (Å²) in [4.78, 5) is 20.5. The number of hydrogen-bond acceptors (Lipinski definition) is 3. The fourth-order valence-corrected chi connectivity index (χ4v) is 4.16. The van der Waals surface area contributed by atoms with Gasteiger partial charge in [-0.2, -0.15) is 0 Å². The van der Waals surface area contributed by atoms with E-state index in [-0.39, 0.29) is 11.9 Å². The highest BCUT2D eigenvalue weighted by Gasteiger charge is 2.33. The quantitative estimate of drug-likeness (QED) is 0.549. The number of imidazole rings is 1. The Morgan fingerprint density at radius 3 is 2.50 bits per heavy atom. The molecule has 2 N–H and O–H groups in total. The van der Waals surface area contributed by atoms with Crippen molar-refractivity contribution in [3.8, 4) is 0 Å². The minimum atomic E-state index is 0.0596. The molecule has 1 aliphatic rings. The molecular weight excluding hydrogens is 366 g/mol. The van der Waals surface area contributed by atoms with E-state index in [2.05, 4.69) is 39.6 Å². The molecule has 0 aliphatic heterocycles. The molecule has 2 aromatic carbocycles. The summed E-state index contributed by atoms with van der Waals surface area (Å²) in [7, 11) is 0. The van der Waals surface area contributed by atoms with Crippen LogP contribution < -0.4 is 5.32 Å². The molecule has 3 aromatic rings. The van der Waals surface area contributed by atoms with Gasteiger partial charge in [-0.25, -0.2) is 4.98 Å². The van der Waals surface area contributed by atoms with E-state index in [9.17, 15) is 4.79 Å². The number of carbonyl (C=O) groups is 1. The van der Waals surface area contributed by atoms with Gasteiger partial charge in [0.2, 0.25) is 5.91 Å². The number of amides is 1. The molecule has 1 amide bonds. The Morgan fingerprint density at radius 2 is 1.82 bits per heavy atom. The zero-order valence-electron chi connectivity index (χ0n) is 16.0. The highest BCUT2D eigenvalue weighted by atomic mass is 32.2. The van der Waals surface area contributed by atoms with Gasteiger partial charge in [-0.15, -0.1) is 0 Å². The first-order valence-electron chi connectivity index (χ1n) is 9.75. The molecular formula is C23H25N3OS. The van der Waals surface area contributed by atoms with Gasteiger partial charge in [0.1, 0.15) is 0 Å². The summed E-state index contributed by atoms with van der Waals surface area (Å²) in [6.45, 7) is 2.04. The lowest BCUT2D eigenvalue weighted by Crippen LogP contribution is -2.31. The van der Waals surface area contributed by atoms with E-state index in [1.54, 1.807) is 0 Å². The second-order valence-electron chi connectivity index (χ2n) is 7.36. The van der Waals surface area contributed by atoms with Crippen LogP contribution in [0.1, 0.15) is 41.4 Å². The third-order valence-electron chi connectivity index (χ3n) is 5.09. The normalized spacial score (nSPS) is 14.6. The highest BCUT2D eigenvalue weighted by molar-refractivity contribution is 7.99. The SMILES string of the molecule is Cc1[nH]c(SCC(=O)NC(c2ccccc2)C2CC2)nc1Cc1ccccc1. The van der Waals surface area contributed by atoms with Gasteiger partial charge < -0.3 is 10.3 Å². The largest absolute Gasteiger partial charge is 0.348 e. The molecule has 1 atom stereocenters. The average Bonchev–Trinajstić information content (AvgIpc) is 3.50. The first-order chi connectivity index (χ1) is 13.7. The summed E-state index contributed by atoms with van der Waals surface area (Å²) in [5, 5.41) is 4.03. The topological polar surface area (TPSA) is 57.8 Å². The van der Waals surface area contributed by atoms with Crippen molar-refractivity contribution in [2.75, 3.05) is 5.75 Å². The van der Waals surface area contributed by atoms with Gasteiger partial charge >= 0.3 is 0 Å². The monoisotopic (exact) mass is 391 g/mol. The van der Waals surface area contributed by atoms with Crippen LogP contribution in [-0.2, 0) is 11.2 Å². The molecule has 0 bridgehead atoms. The smallest absolute Gasteiger partial charge is 0.230 e. The van der Waals surface area contributed by atoms with E-state index in [0.29, 0.717) is 11.7 Å². The molecule has 1 saturated carbocycles. The Morgan fingerprint density at radius 1 is 1.14 bits per heavy atom. The van der Waals surface area contributed by atoms with Gasteiger partial charge in [-0.3, -0.25) is 4.79 Å². The summed E-state index contributed by atoms with van der Waals surface area (Å²) in [6, 6.07) is 20.7. The molecule has 1 aromatic heterocycles. The summed E-state index contributed by atoms with van der Waals surface area (Å²) < 4.78 is 0. The molecule has 144 valence electrons. The summed E-state index contributed by atoms with van der Waals surface area (Å²) in [5.74, 6) is 0.998. The predicted octanol–water partition coefficient (Wildman–Crippen LogP) is 4.67. The number of carbonyl (C=O) groups excluding carboxylic acids is 1. The number of thioether (sulfide) groups is 1. The molecule has 28 heavy (non-hydrogen) atoms. The van der Waals surface area contributed by atoms with Crippen LogP contribution in [0, 0.1) is 12.8 Å². The number of H-pyrrole nitrogens is 1. The van der Waals surface area contributed by atoms with Crippen molar-refractivity contribution < 1.29 is 4.79 Å². The number of aromatic nitrogens is 2. The molecule has 1 aliphatic carbocycles. The van der Waals surface area contributed by atoms with E-state index in [4.69, 9.17) is 0 Å². The van der Waals surface area contributed by atoms with Crippen molar-refractivity contribution in [3.63, 3.8) is 0 Å². The van der Waals surface area contributed by atoms with Crippen LogP contribution in [0.15, 0.2) is 65.8 Å². The third kappa shape index (κ3) is 4.84. The number of benzene rings is 2. The van der Waals surface area contributed by atoms with Crippen molar-refractivity contribution in [2.45, 2.75) is 37.4 Å². The average molecular weight is 392 g/mol. The second-order valence-corrected chi connectivity index (χ2v) is 8.32. The van der Waals surface area contributed by atoms with Crippen LogP contribution in [0.3, 0.4) is 0 Å². The Hall–Kier alpha value is -2.53. The van der Waals surface area contributed by atoms with Crippen LogP contribution in [0.5, 0.6) is 0 Å². The van der Waals surface area contributed by atoms with Crippen LogP contribution in [0.25, 0.3) is 0 Å². The summed E-state index contributed by atoms with van der Waals surface area (Å²) in [5.41, 5.74) is 4.53. The molecule has 1 heterocycles. The van der Waals surface area contributed by atoms with Crippen LogP contribution in [0.4, 0.5) is 0 Å². The number of nitrogens with zero attached hydrogens (tertiary/aromatic N) is 1. The lowest BCUT2D eigenvalue weighted by atomic mass is 10.0. The predicted molar refractivity (Wildman–Crippen MR) is 113 cm³/mol.